The molecule has 2 aromatic heterocycles. The van der Waals surface area contributed by atoms with Crippen molar-refractivity contribution in [2.45, 2.75) is 6.54 Å². The average Bonchev–Trinajstić information content (AvgIpc) is 3.05. The average molecular weight is 363 g/mol. The van der Waals surface area contributed by atoms with Gasteiger partial charge in [-0.15, -0.1) is 11.3 Å². The maximum absolute atomic E-state index is 5.83. The fourth-order valence-electron chi connectivity index (χ4n) is 2.03. The number of nitrogens with zero attached hydrogens (tertiary/aromatic N) is 3. The minimum absolute atomic E-state index is 0.459. The van der Waals surface area contributed by atoms with E-state index in [-0.39, 0.29) is 0 Å². The number of methoxy groups -OCH3 is 2. The molecule has 0 aliphatic heterocycles. The smallest absolute Gasteiger partial charge is 0.220 e. The van der Waals surface area contributed by atoms with E-state index >= 15 is 0 Å². The fraction of sp³-hybridized carbons (Fsp3) is 0.188. The lowest BCUT2D eigenvalue weighted by Gasteiger charge is -2.08. The summed E-state index contributed by atoms with van der Waals surface area (Å²) in [6.45, 7) is 0.674. The Morgan fingerprint density at radius 1 is 1.08 bits per heavy atom. The van der Waals surface area contributed by atoms with Crippen LogP contribution in [0.3, 0.4) is 0 Å². The second-order valence-electron chi connectivity index (χ2n) is 4.79. The highest BCUT2D eigenvalue weighted by molar-refractivity contribution is 7.15. The van der Waals surface area contributed by atoms with Crippen LogP contribution in [0.4, 0.5) is 5.69 Å². The van der Waals surface area contributed by atoms with Crippen molar-refractivity contribution in [3.8, 4) is 23.1 Å². The Bertz CT molecular complexity index is 801. The molecule has 1 aromatic carbocycles. The molecule has 0 atom stereocenters. The van der Waals surface area contributed by atoms with Crippen molar-refractivity contribution in [1.82, 2.24) is 15.0 Å². The zero-order valence-electron chi connectivity index (χ0n) is 13.1. The molecule has 124 valence electrons. The lowest BCUT2D eigenvalue weighted by molar-refractivity contribution is 0.372. The number of benzene rings is 1. The van der Waals surface area contributed by atoms with Crippen molar-refractivity contribution >= 4 is 28.6 Å². The molecule has 24 heavy (non-hydrogen) atoms. The molecule has 8 heteroatoms. The second kappa shape index (κ2) is 7.46. The quantitative estimate of drug-likeness (QED) is 0.717. The number of halogens is 1. The third-order valence-electron chi connectivity index (χ3n) is 3.23. The van der Waals surface area contributed by atoms with Gasteiger partial charge >= 0.3 is 0 Å². The van der Waals surface area contributed by atoms with Gasteiger partial charge in [-0.25, -0.2) is 4.98 Å². The second-order valence-corrected chi connectivity index (χ2v) is 6.48. The minimum atomic E-state index is 0.459. The molecule has 0 unspecified atom stereocenters. The first kappa shape index (κ1) is 16.5. The van der Waals surface area contributed by atoms with Gasteiger partial charge in [-0.2, -0.15) is 9.97 Å². The van der Waals surface area contributed by atoms with Crippen molar-refractivity contribution in [2.24, 2.45) is 0 Å². The summed E-state index contributed by atoms with van der Waals surface area (Å²) in [7, 11) is 3.12. The van der Waals surface area contributed by atoms with E-state index in [1.54, 1.807) is 26.5 Å². The van der Waals surface area contributed by atoms with Crippen LogP contribution in [0.25, 0.3) is 11.4 Å². The van der Waals surface area contributed by atoms with Crippen molar-refractivity contribution < 1.29 is 9.47 Å². The van der Waals surface area contributed by atoms with Gasteiger partial charge in [-0.3, -0.25) is 0 Å². The summed E-state index contributed by atoms with van der Waals surface area (Å²) in [5.74, 6) is 1.47. The van der Waals surface area contributed by atoms with E-state index in [4.69, 9.17) is 21.1 Å². The van der Waals surface area contributed by atoms with Gasteiger partial charge in [0.05, 0.1) is 26.8 Å². The summed E-state index contributed by atoms with van der Waals surface area (Å²) >= 11 is 7.28. The highest BCUT2D eigenvalue weighted by atomic mass is 35.5. The van der Waals surface area contributed by atoms with Gasteiger partial charge in [0.15, 0.2) is 10.3 Å². The van der Waals surface area contributed by atoms with Gasteiger partial charge in [0.2, 0.25) is 11.8 Å². The fourth-order valence-corrected chi connectivity index (χ4v) is 2.95. The van der Waals surface area contributed by atoms with E-state index in [2.05, 4.69) is 20.3 Å². The molecule has 0 radical (unpaired) electrons. The number of hydrogen-bond donors (Lipinski definition) is 1. The van der Waals surface area contributed by atoms with Crippen LogP contribution >= 0.6 is 22.9 Å². The molecular weight excluding hydrogens is 348 g/mol. The first-order valence-corrected chi connectivity index (χ1v) is 8.29. The Kier molecular flexibility index (Phi) is 5.12. The molecule has 0 aliphatic carbocycles. The highest BCUT2D eigenvalue weighted by Gasteiger charge is 2.08. The molecule has 0 fully saturated rings. The summed E-state index contributed by atoms with van der Waals surface area (Å²) in [6, 6.07) is 9.45. The molecule has 0 aliphatic rings. The summed E-state index contributed by atoms with van der Waals surface area (Å²) in [6.07, 6.45) is 1.77. The van der Waals surface area contributed by atoms with Crippen LogP contribution in [0.1, 0.15) is 4.88 Å². The Morgan fingerprint density at radius 3 is 2.29 bits per heavy atom. The number of aromatic nitrogens is 3. The SMILES string of the molecule is COc1cc(OC)nc(-c2ccc(NCc3cnc(Cl)s3)cc2)n1. The molecule has 0 spiro atoms. The molecule has 6 nitrogen and oxygen atoms in total. The summed E-state index contributed by atoms with van der Waals surface area (Å²) < 4.78 is 10.9. The zero-order valence-corrected chi connectivity index (χ0v) is 14.7. The third-order valence-corrected chi connectivity index (χ3v) is 4.35. The predicted molar refractivity (Wildman–Crippen MR) is 95.0 cm³/mol. The molecule has 0 amide bonds. The molecule has 2 heterocycles. The molecular formula is C16H15ClN4O2S. The highest BCUT2D eigenvalue weighted by Crippen LogP contribution is 2.24. The number of rotatable bonds is 6. The number of hydrogen-bond acceptors (Lipinski definition) is 7. The van der Waals surface area contributed by atoms with E-state index in [0.717, 1.165) is 16.1 Å². The molecule has 3 rings (SSSR count). The van der Waals surface area contributed by atoms with Crippen LogP contribution in [-0.4, -0.2) is 29.2 Å². The van der Waals surface area contributed by atoms with Crippen LogP contribution < -0.4 is 14.8 Å². The normalized spacial score (nSPS) is 10.5. The Balaban J connectivity index is 1.74. The van der Waals surface area contributed by atoms with Crippen LogP contribution in [0, 0.1) is 0 Å². The summed E-state index contributed by atoms with van der Waals surface area (Å²) in [5.41, 5.74) is 1.86. The lowest BCUT2D eigenvalue weighted by Crippen LogP contribution is -1.99. The van der Waals surface area contributed by atoms with Crippen LogP contribution in [0.5, 0.6) is 11.8 Å². The maximum Gasteiger partial charge on any atom is 0.220 e. The van der Waals surface area contributed by atoms with Gasteiger partial charge in [-0.05, 0) is 24.3 Å². The summed E-state index contributed by atoms with van der Waals surface area (Å²) in [4.78, 5) is 13.8. The van der Waals surface area contributed by atoms with Gasteiger partial charge in [0, 0.05) is 22.3 Å². The van der Waals surface area contributed by atoms with Crippen molar-refractivity contribution in [2.75, 3.05) is 19.5 Å². The van der Waals surface area contributed by atoms with E-state index < -0.39 is 0 Å². The number of nitrogens with one attached hydrogen (secondary N) is 1. The van der Waals surface area contributed by atoms with Crippen LogP contribution in [-0.2, 0) is 6.54 Å². The topological polar surface area (TPSA) is 69.2 Å². The zero-order chi connectivity index (χ0) is 16.9. The van der Waals surface area contributed by atoms with Gasteiger partial charge < -0.3 is 14.8 Å². The van der Waals surface area contributed by atoms with Crippen molar-refractivity contribution in [3.63, 3.8) is 0 Å². The number of ether oxygens (including phenoxy) is 2. The van der Waals surface area contributed by atoms with E-state index in [1.807, 2.05) is 24.3 Å². The predicted octanol–water partition coefficient (Wildman–Crippen LogP) is 3.88. The largest absolute Gasteiger partial charge is 0.481 e. The van der Waals surface area contributed by atoms with E-state index in [1.165, 1.54) is 11.3 Å². The molecule has 1 N–H and O–H groups in total. The summed E-state index contributed by atoms with van der Waals surface area (Å²) in [5, 5.41) is 3.32. The lowest BCUT2D eigenvalue weighted by atomic mass is 10.2. The van der Waals surface area contributed by atoms with Crippen LogP contribution in [0.15, 0.2) is 36.5 Å². The number of anilines is 1. The van der Waals surface area contributed by atoms with Gasteiger partial charge in [0.1, 0.15) is 0 Å². The first-order chi connectivity index (χ1) is 11.7. The molecule has 0 saturated heterocycles. The standard InChI is InChI=1S/C16H15ClN4O2S/c1-22-13-7-14(23-2)21-15(20-13)10-3-5-11(6-4-10)18-8-12-9-19-16(17)24-12/h3-7,9,18H,8H2,1-2H3. The van der Waals surface area contributed by atoms with Gasteiger partial charge in [-0.1, -0.05) is 11.6 Å². The van der Waals surface area contributed by atoms with Crippen molar-refractivity contribution in [1.29, 1.82) is 0 Å². The Labute approximate surface area is 148 Å². The van der Waals surface area contributed by atoms with E-state index in [9.17, 15) is 0 Å². The molecule has 0 bridgehead atoms. The minimum Gasteiger partial charge on any atom is -0.481 e. The first-order valence-electron chi connectivity index (χ1n) is 7.09. The van der Waals surface area contributed by atoms with Gasteiger partial charge in [0.25, 0.3) is 0 Å². The van der Waals surface area contributed by atoms with E-state index in [0.29, 0.717) is 28.6 Å². The maximum atomic E-state index is 5.83. The monoisotopic (exact) mass is 362 g/mol. The molecule has 0 saturated carbocycles. The third kappa shape index (κ3) is 3.93. The van der Waals surface area contributed by atoms with Crippen molar-refractivity contribution in [3.05, 3.63) is 45.9 Å². The Hall–Kier alpha value is -2.38. The number of thiazole rings is 1. The van der Waals surface area contributed by atoms with Crippen LogP contribution in [0.2, 0.25) is 4.47 Å². The Morgan fingerprint density at radius 2 is 1.75 bits per heavy atom. The molecule has 3 aromatic rings.